The molecule has 0 saturated carbocycles. The van der Waals surface area contributed by atoms with Gasteiger partial charge in [0.1, 0.15) is 0 Å². The third kappa shape index (κ3) is 5.76. The smallest absolute Gasteiger partial charge is 0.234 e. The van der Waals surface area contributed by atoms with Gasteiger partial charge in [-0.25, -0.2) is 0 Å². The molecule has 5 heteroatoms. The van der Waals surface area contributed by atoms with Crippen LogP contribution in [0.5, 0.6) is 0 Å². The van der Waals surface area contributed by atoms with Gasteiger partial charge in [0.05, 0.1) is 6.54 Å². The van der Waals surface area contributed by atoms with E-state index in [1.807, 2.05) is 31.2 Å². The first-order valence-corrected chi connectivity index (χ1v) is 7.01. The minimum atomic E-state index is 0.0415. The minimum absolute atomic E-state index is 0.0415. The lowest BCUT2D eigenvalue weighted by molar-refractivity contribution is -0.122. The van der Waals surface area contributed by atoms with Crippen molar-refractivity contribution in [1.82, 2.24) is 10.2 Å². The molecule has 100 valence electrons. The van der Waals surface area contributed by atoms with Crippen LogP contribution in [-0.4, -0.2) is 36.2 Å². The molecule has 0 atom stereocenters. The summed E-state index contributed by atoms with van der Waals surface area (Å²) in [4.78, 5) is 13.7. The molecule has 0 aromatic heterocycles. The fourth-order valence-electron chi connectivity index (χ4n) is 1.58. The average molecular weight is 287 g/mol. The van der Waals surface area contributed by atoms with Crippen LogP contribution in [0.25, 0.3) is 0 Å². The fourth-order valence-corrected chi connectivity index (χ4v) is 1.82. The molecule has 0 fully saturated rings. The molecule has 1 amide bonds. The van der Waals surface area contributed by atoms with E-state index in [1.165, 1.54) is 0 Å². The summed E-state index contributed by atoms with van der Waals surface area (Å²) in [5.74, 6) is 0.703. The monoisotopic (exact) mass is 286 g/mol. The summed E-state index contributed by atoms with van der Waals surface area (Å²) >= 11 is 9.90. The molecule has 1 aromatic carbocycles. The van der Waals surface area contributed by atoms with Crippen molar-refractivity contribution in [3.63, 3.8) is 0 Å². The Balaban J connectivity index is 2.46. The largest absolute Gasteiger partial charge is 0.354 e. The number of carbonyl (C=O) groups is 1. The lowest BCUT2D eigenvalue weighted by Gasteiger charge is -2.19. The summed E-state index contributed by atoms with van der Waals surface area (Å²) < 4.78 is 0. The predicted octanol–water partition coefficient (Wildman–Crippen LogP) is 2.21. The Morgan fingerprint density at radius 2 is 2.06 bits per heavy atom. The molecule has 0 aliphatic carbocycles. The highest BCUT2D eigenvalue weighted by atomic mass is 35.5. The number of rotatable bonds is 7. The lowest BCUT2D eigenvalue weighted by atomic mass is 10.2. The van der Waals surface area contributed by atoms with E-state index in [9.17, 15) is 4.79 Å². The summed E-state index contributed by atoms with van der Waals surface area (Å²) in [5.41, 5.74) is 1.16. The number of benzene rings is 1. The standard InChI is InChI=1S/C13H19ClN2OS/c1-2-16(10-13(17)15-7-8-18)9-11-3-5-12(14)6-4-11/h3-6,18H,2,7-10H2,1H3,(H,15,17). The van der Waals surface area contributed by atoms with Crippen LogP contribution in [0.4, 0.5) is 0 Å². The molecule has 18 heavy (non-hydrogen) atoms. The Labute approximate surface area is 119 Å². The van der Waals surface area contributed by atoms with E-state index in [0.717, 1.165) is 23.7 Å². The molecule has 0 spiro atoms. The van der Waals surface area contributed by atoms with Gasteiger partial charge in [-0.15, -0.1) is 0 Å². The molecule has 0 aliphatic heterocycles. The lowest BCUT2D eigenvalue weighted by Crippen LogP contribution is -2.37. The Hall–Kier alpha value is -0.710. The highest BCUT2D eigenvalue weighted by molar-refractivity contribution is 7.80. The highest BCUT2D eigenvalue weighted by Gasteiger charge is 2.08. The van der Waals surface area contributed by atoms with Crippen LogP contribution >= 0.6 is 24.2 Å². The average Bonchev–Trinajstić information content (AvgIpc) is 2.38. The molecule has 1 N–H and O–H groups in total. The summed E-state index contributed by atoms with van der Waals surface area (Å²) in [5, 5.41) is 3.54. The van der Waals surface area contributed by atoms with Gasteiger partial charge in [0.2, 0.25) is 5.91 Å². The number of hydrogen-bond donors (Lipinski definition) is 2. The summed E-state index contributed by atoms with van der Waals surface area (Å²) in [6.07, 6.45) is 0. The van der Waals surface area contributed by atoms with Crippen LogP contribution in [-0.2, 0) is 11.3 Å². The number of thiol groups is 1. The molecule has 0 unspecified atom stereocenters. The number of likely N-dealkylation sites (N-methyl/N-ethyl adjacent to an activating group) is 1. The second-order valence-corrected chi connectivity index (χ2v) is 4.89. The van der Waals surface area contributed by atoms with Gasteiger partial charge in [-0.05, 0) is 24.2 Å². The number of nitrogens with zero attached hydrogens (tertiary/aromatic N) is 1. The van der Waals surface area contributed by atoms with Crippen LogP contribution in [0.1, 0.15) is 12.5 Å². The Kier molecular flexibility index (Phi) is 7.16. The van der Waals surface area contributed by atoms with Gasteiger partial charge >= 0.3 is 0 Å². The summed E-state index contributed by atoms with van der Waals surface area (Å²) in [6, 6.07) is 7.70. The number of amides is 1. The number of carbonyl (C=O) groups excluding carboxylic acids is 1. The van der Waals surface area contributed by atoms with Crippen LogP contribution in [0.3, 0.4) is 0 Å². The van der Waals surface area contributed by atoms with Gasteiger partial charge in [-0.3, -0.25) is 9.69 Å². The highest BCUT2D eigenvalue weighted by Crippen LogP contribution is 2.11. The predicted molar refractivity (Wildman–Crippen MR) is 79.3 cm³/mol. The topological polar surface area (TPSA) is 32.3 Å². The Bertz CT molecular complexity index is 370. The van der Waals surface area contributed by atoms with Crippen LogP contribution in [0.15, 0.2) is 24.3 Å². The van der Waals surface area contributed by atoms with Crippen molar-refractivity contribution in [2.45, 2.75) is 13.5 Å². The molecule has 0 radical (unpaired) electrons. The zero-order valence-electron chi connectivity index (χ0n) is 10.5. The van der Waals surface area contributed by atoms with E-state index >= 15 is 0 Å². The van der Waals surface area contributed by atoms with E-state index in [4.69, 9.17) is 11.6 Å². The van der Waals surface area contributed by atoms with E-state index in [-0.39, 0.29) is 5.91 Å². The number of halogens is 1. The summed E-state index contributed by atoms with van der Waals surface area (Å²) in [6.45, 7) is 4.65. The zero-order valence-corrected chi connectivity index (χ0v) is 12.2. The first-order valence-electron chi connectivity index (χ1n) is 6.00. The van der Waals surface area contributed by atoms with E-state index < -0.39 is 0 Å². The van der Waals surface area contributed by atoms with E-state index in [2.05, 4.69) is 22.8 Å². The third-order valence-corrected chi connectivity index (χ3v) is 3.04. The van der Waals surface area contributed by atoms with Crippen molar-refractivity contribution < 1.29 is 4.79 Å². The molecule has 0 heterocycles. The van der Waals surface area contributed by atoms with Crippen molar-refractivity contribution in [3.8, 4) is 0 Å². The quantitative estimate of drug-likeness (QED) is 0.753. The van der Waals surface area contributed by atoms with Gasteiger partial charge in [-0.1, -0.05) is 30.7 Å². The van der Waals surface area contributed by atoms with Crippen molar-refractivity contribution >= 4 is 30.1 Å². The SMILES string of the molecule is CCN(CC(=O)NCCS)Cc1ccc(Cl)cc1. The van der Waals surface area contributed by atoms with Gasteiger partial charge in [0.15, 0.2) is 0 Å². The Morgan fingerprint density at radius 1 is 1.39 bits per heavy atom. The maximum Gasteiger partial charge on any atom is 0.234 e. The van der Waals surface area contributed by atoms with Crippen LogP contribution in [0, 0.1) is 0 Å². The van der Waals surface area contributed by atoms with Crippen LogP contribution in [0.2, 0.25) is 5.02 Å². The molecule has 1 aromatic rings. The fraction of sp³-hybridized carbons (Fsp3) is 0.462. The molecule has 0 bridgehead atoms. The minimum Gasteiger partial charge on any atom is -0.354 e. The first-order chi connectivity index (χ1) is 8.65. The normalized spacial score (nSPS) is 10.7. The molecular weight excluding hydrogens is 268 g/mol. The maximum atomic E-state index is 11.6. The second kappa shape index (κ2) is 8.40. The number of nitrogens with one attached hydrogen (secondary N) is 1. The molecular formula is C13H19ClN2OS. The summed E-state index contributed by atoms with van der Waals surface area (Å²) in [7, 11) is 0. The van der Waals surface area contributed by atoms with Gasteiger partial charge < -0.3 is 5.32 Å². The maximum absolute atomic E-state index is 11.6. The van der Waals surface area contributed by atoms with Crippen molar-refractivity contribution in [2.24, 2.45) is 0 Å². The third-order valence-electron chi connectivity index (χ3n) is 2.57. The second-order valence-electron chi connectivity index (χ2n) is 4.00. The van der Waals surface area contributed by atoms with E-state index in [0.29, 0.717) is 18.8 Å². The Morgan fingerprint density at radius 3 is 2.61 bits per heavy atom. The number of hydrogen-bond acceptors (Lipinski definition) is 3. The van der Waals surface area contributed by atoms with Crippen molar-refractivity contribution in [2.75, 3.05) is 25.4 Å². The molecule has 1 rings (SSSR count). The van der Waals surface area contributed by atoms with Crippen molar-refractivity contribution in [1.29, 1.82) is 0 Å². The molecule has 0 aliphatic rings. The van der Waals surface area contributed by atoms with Gasteiger partial charge in [0, 0.05) is 23.9 Å². The van der Waals surface area contributed by atoms with E-state index in [1.54, 1.807) is 0 Å². The van der Waals surface area contributed by atoms with Crippen LogP contribution < -0.4 is 5.32 Å². The van der Waals surface area contributed by atoms with Crippen molar-refractivity contribution in [3.05, 3.63) is 34.9 Å². The van der Waals surface area contributed by atoms with Gasteiger partial charge in [-0.2, -0.15) is 12.6 Å². The molecule has 0 saturated heterocycles. The molecule has 3 nitrogen and oxygen atoms in total. The zero-order chi connectivity index (χ0) is 13.4. The first kappa shape index (κ1) is 15.3. The van der Waals surface area contributed by atoms with Gasteiger partial charge in [0.25, 0.3) is 0 Å².